The lowest BCUT2D eigenvalue weighted by atomic mass is 9.87. The zero-order chi connectivity index (χ0) is 13.5. The van der Waals surface area contributed by atoms with Crippen molar-refractivity contribution in [1.82, 2.24) is 4.98 Å². The van der Waals surface area contributed by atoms with Crippen molar-refractivity contribution in [1.29, 1.82) is 0 Å². The summed E-state index contributed by atoms with van der Waals surface area (Å²) in [6.07, 6.45) is 1.86. The molecule has 0 saturated heterocycles. The van der Waals surface area contributed by atoms with Gasteiger partial charge in [0.25, 0.3) is 0 Å². The van der Waals surface area contributed by atoms with Crippen molar-refractivity contribution >= 4 is 0 Å². The highest BCUT2D eigenvalue weighted by Crippen LogP contribution is 2.36. The van der Waals surface area contributed by atoms with Crippen molar-refractivity contribution in [3.05, 3.63) is 42.1 Å². The second kappa shape index (κ2) is 4.26. The summed E-state index contributed by atoms with van der Waals surface area (Å²) in [6, 6.07) is 10.1. The minimum atomic E-state index is 0.119. The molecule has 0 amide bonds. The minimum absolute atomic E-state index is 0.119. The van der Waals surface area contributed by atoms with Gasteiger partial charge in [0.05, 0.1) is 5.69 Å². The number of aromatic nitrogens is 1. The summed E-state index contributed by atoms with van der Waals surface area (Å²) in [4.78, 5) is 4.45. The van der Waals surface area contributed by atoms with Gasteiger partial charge in [-0.3, -0.25) is 4.98 Å². The van der Waals surface area contributed by atoms with Crippen molar-refractivity contribution in [3.8, 4) is 22.8 Å². The number of nitrogens with zero attached hydrogens (tertiary/aromatic N) is 1. The molecule has 1 aliphatic heterocycles. The Labute approximate surface area is 113 Å². The molecule has 0 radical (unpaired) electrons. The lowest BCUT2D eigenvalue weighted by Crippen LogP contribution is -2.11. The van der Waals surface area contributed by atoms with Crippen LogP contribution in [0, 0.1) is 0 Å². The zero-order valence-corrected chi connectivity index (χ0v) is 11.4. The molecule has 0 spiro atoms. The zero-order valence-electron chi connectivity index (χ0n) is 11.4. The van der Waals surface area contributed by atoms with E-state index in [4.69, 9.17) is 9.47 Å². The number of ether oxygens (including phenoxy) is 2. The fourth-order valence-electron chi connectivity index (χ4n) is 2.11. The molecule has 0 aliphatic carbocycles. The Morgan fingerprint density at radius 1 is 1.00 bits per heavy atom. The van der Waals surface area contributed by atoms with Crippen LogP contribution in [0.2, 0.25) is 0 Å². The summed E-state index contributed by atoms with van der Waals surface area (Å²) >= 11 is 0. The third-order valence-electron chi connectivity index (χ3n) is 3.29. The van der Waals surface area contributed by atoms with Gasteiger partial charge in [-0.05, 0) is 41.3 Å². The highest BCUT2D eigenvalue weighted by atomic mass is 16.7. The number of hydrogen-bond acceptors (Lipinski definition) is 3. The van der Waals surface area contributed by atoms with Crippen molar-refractivity contribution in [2.75, 3.05) is 6.79 Å². The van der Waals surface area contributed by atoms with Crippen LogP contribution >= 0.6 is 0 Å². The van der Waals surface area contributed by atoms with E-state index in [9.17, 15) is 0 Å². The minimum Gasteiger partial charge on any atom is -0.454 e. The van der Waals surface area contributed by atoms with Crippen LogP contribution < -0.4 is 9.47 Å². The molecular weight excluding hydrogens is 238 g/mol. The molecule has 0 bridgehead atoms. The van der Waals surface area contributed by atoms with Crippen LogP contribution in [0.15, 0.2) is 36.5 Å². The fraction of sp³-hybridized carbons (Fsp3) is 0.312. The van der Waals surface area contributed by atoms with Gasteiger partial charge in [0.1, 0.15) is 0 Å². The third kappa shape index (κ3) is 2.28. The first-order chi connectivity index (χ1) is 9.04. The average molecular weight is 255 g/mol. The van der Waals surface area contributed by atoms with E-state index in [-0.39, 0.29) is 5.41 Å². The van der Waals surface area contributed by atoms with E-state index >= 15 is 0 Å². The Hall–Kier alpha value is -2.03. The van der Waals surface area contributed by atoms with Crippen LogP contribution in [0.1, 0.15) is 26.3 Å². The molecule has 1 aromatic heterocycles. The maximum atomic E-state index is 5.41. The van der Waals surface area contributed by atoms with E-state index in [1.807, 2.05) is 24.4 Å². The van der Waals surface area contributed by atoms with Crippen LogP contribution in [-0.2, 0) is 5.41 Å². The number of pyridine rings is 1. The van der Waals surface area contributed by atoms with Crippen LogP contribution in [0.5, 0.6) is 11.5 Å². The van der Waals surface area contributed by atoms with Crippen molar-refractivity contribution in [3.63, 3.8) is 0 Å². The number of rotatable bonds is 1. The molecule has 0 unspecified atom stereocenters. The Balaban J connectivity index is 2.03. The maximum absolute atomic E-state index is 5.41. The second-order valence-corrected chi connectivity index (χ2v) is 5.75. The highest BCUT2D eigenvalue weighted by Gasteiger charge is 2.17. The fourth-order valence-corrected chi connectivity index (χ4v) is 2.11. The molecule has 0 N–H and O–H groups in total. The Morgan fingerprint density at radius 2 is 1.79 bits per heavy atom. The summed E-state index contributed by atoms with van der Waals surface area (Å²) in [6.45, 7) is 6.90. The van der Waals surface area contributed by atoms with E-state index in [0.717, 1.165) is 22.8 Å². The standard InChI is InChI=1S/C16H17NO2/c1-16(2,3)12-6-7-17-13(9-12)11-4-5-14-15(8-11)19-10-18-14/h4-9H,10H2,1-3H3. The van der Waals surface area contributed by atoms with Crippen molar-refractivity contribution in [2.24, 2.45) is 0 Å². The van der Waals surface area contributed by atoms with Gasteiger partial charge in [0, 0.05) is 11.8 Å². The Kier molecular flexibility index (Phi) is 2.70. The maximum Gasteiger partial charge on any atom is 0.231 e. The topological polar surface area (TPSA) is 31.4 Å². The monoisotopic (exact) mass is 255 g/mol. The number of hydrogen-bond donors (Lipinski definition) is 0. The van der Waals surface area contributed by atoms with Crippen LogP contribution in [0.25, 0.3) is 11.3 Å². The predicted octanol–water partition coefficient (Wildman–Crippen LogP) is 3.77. The van der Waals surface area contributed by atoms with Crippen LogP contribution in [0.4, 0.5) is 0 Å². The highest BCUT2D eigenvalue weighted by molar-refractivity contribution is 5.65. The van der Waals surface area contributed by atoms with Gasteiger partial charge in [-0.15, -0.1) is 0 Å². The van der Waals surface area contributed by atoms with Crippen molar-refractivity contribution < 1.29 is 9.47 Å². The van der Waals surface area contributed by atoms with E-state index in [1.54, 1.807) is 0 Å². The molecular formula is C16H17NO2. The number of fused-ring (bicyclic) bond motifs is 1. The molecule has 2 heterocycles. The summed E-state index contributed by atoms with van der Waals surface area (Å²) in [5.41, 5.74) is 3.41. The molecule has 3 rings (SSSR count). The summed E-state index contributed by atoms with van der Waals surface area (Å²) in [5, 5.41) is 0. The summed E-state index contributed by atoms with van der Waals surface area (Å²) < 4.78 is 10.7. The van der Waals surface area contributed by atoms with E-state index in [2.05, 4.69) is 37.9 Å². The van der Waals surface area contributed by atoms with E-state index in [0.29, 0.717) is 6.79 Å². The number of benzene rings is 1. The first kappa shape index (κ1) is 12.0. The lowest BCUT2D eigenvalue weighted by molar-refractivity contribution is 0.174. The van der Waals surface area contributed by atoms with E-state index < -0.39 is 0 Å². The smallest absolute Gasteiger partial charge is 0.231 e. The first-order valence-electron chi connectivity index (χ1n) is 6.40. The van der Waals surface area contributed by atoms with Gasteiger partial charge in [0.15, 0.2) is 11.5 Å². The van der Waals surface area contributed by atoms with Gasteiger partial charge in [0.2, 0.25) is 6.79 Å². The van der Waals surface area contributed by atoms with E-state index in [1.165, 1.54) is 5.56 Å². The van der Waals surface area contributed by atoms with Gasteiger partial charge < -0.3 is 9.47 Å². The second-order valence-electron chi connectivity index (χ2n) is 5.75. The predicted molar refractivity (Wildman–Crippen MR) is 74.5 cm³/mol. The molecule has 1 aromatic carbocycles. The van der Waals surface area contributed by atoms with Crippen molar-refractivity contribution in [2.45, 2.75) is 26.2 Å². The SMILES string of the molecule is CC(C)(C)c1ccnc(-c2ccc3c(c2)OCO3)c1. The molecule has 0 fully saturated rings. The molecule has 1 aliphatic rings. The van der Waals surface area contributed by atoms with Gasteiger partial charge in [-0.25, -0.2) is 0 Å². The Bertz CT molecular complexity index is 614. The largest absolute Gasteiger partial charge is 0.454 e. The quantitative estimate of drug-likeness (QED) is 0.777. The normalized spacial score (nSPS) is 13.6. The first-order valence-corrected chi connectivity index (χ1v) is 6.40. The lowest BCUT2D eigenvalue weighted by Gasteiger charge is -2.19. The van der Waals surface area contributed by atoms with Crippen LogP contribution in [-0.4, -0.2) is 11.8 Å². The van der Waals surface area contributed by atoms with Gasteiger partial charge in [-0.2, -0.15) is 0 Å². The molecule has 0 saturated carbocycles. The molecule has 98 valence electrons. The van der Waals surface area contributed by atoms with Crippen LogP contribution in [0.3, 0.4) is 0 Å². The third-order valence-corrected chi connectivity index (χ3v) is 3.29. The molecule has 3 heteroatoms. The molecule has 19 heavy (non-hydrogen) atoms. The molecule has 3 nitrogen and oxygen atoms in total. The summed E-state index contributed by atoms with van der Waals surface area (Å²) in [7, 11) is 0. The summed E-state index contributed by atoms with van der Waals surface area (Å²) in [5.74, 6) is 1.59. The Morgan fingerprint density at radius 3 is 2.58 bits per heavy atom. The van der Waals surface area contributed by atoms with Gasteiger partial charge in [-0.1, -0.05) is 20.8 Å². The molecule has 0 atom stereocenters. The average Bonchev–Trinajstić information content (AvgIpc) is 2.85. The van der Waals surface area contributed by atoms with Gasteiger partial charge >= 0.3 is 0 Å². The molecule has 2 aromatic rings.